The lowest BCUT2D eigenvalue weighted by Gasteiger charge is -2.15. The summed E-state index contributed by atoms with van der Waals surface area (Å²) < 4.78 is 14.5. The molecule has 0 amide bonds. The summed E-state index contributed by atoms with van der Waals surface area (Å²) in [7, 11) is 0. The zero-order chi connectivity index (χ0) is 8.55. The van der Waals surface area contributed by atoms with Crippen LogP contribution in [0.25, 0.3) is 0 Å². The fourth-order valence-corrected chi connectivity index (χ4v) is 1.45. The van der Waals surface area contributed by atoms with Crippen LogP contribution in [-0.2, 0) is 14.2 Å². The lowest BCUT2D eigenvalue weighted by Crippen LogP contribution is -2.34. The summed E-state index contributed by atoms with van der Waals surface area (Å²) in [4.78, 5) is 10.7. The van der Waals surface area contributed by atoms with Gasteiger partial charge in [0.25, 0.3) is 0 Å². The van der Waals surface area contributed by atoms with Crippen LogP contribution in [-0.4, -0.2) is 36.4 Å². The van der Waals surface area contributed by atoms with E-state index in [0.717, 1.165) is 6.42 Å². The molecule has 2 aliphatic rings. The summed E-state index contributed by atoms with van der Waals surface area (Å²) in [6, 6.07) is 0. The molecule has 0 aromatic rings. The normalized spacial score (nSPS) is 41.1. The summed E-state index contributed by atoms with van der Waals surface area (Å²) in [5.41, 5.74) is 0. The van der Waals surface area contributed by atoms with E-state index in [1.807, 2.05) is 0 Å². The molecule has 0 saturated carbocycles. The van der Waals surface area contributed by atoms with Gasteiger partial charge in [-0.3, -0.25) is 0 Å². The Kier molecular flexibility index (Phi) is 1.90. The number of hydrogen-bond acceptors (Lipinski definition) is 5. The van der Waals surface area contributed by atoms with Crippen molar-refractivity contribution < 1.29 is 24.1 Å². The van der Waals surface area contributed by atoms with Gasteiger partial charge < -0.3 is 19.3 Å². The molecule has 2 aliphatic heterocycles. The number of ether oxygens (including phenoxy) is 3. The maximum atomic E-state index is 10.7. The Morgan fingerprint density at radius 2 is 2.25 bits per heavy atom. The van der Waals surface area contributed by atoms with Gasteiger partial charge in [0.2, 0.25) is 0 Å². The van der Waals surface area contributed by atoms with E-state index in [9.17, 15) is 9.90 Å². The average molecular weight is 174 g/mol. The van der Waals surface area contributed by atoms with Gasteiger partial charge in [-0.15, -0.1) is 0 Å². The van der Waals surface area contributed by atoms with Crippen LogP contribution in [0, 0.1) is 0 Å². The Hall–Kier alpha value is -0.810. The molecule has 3 atom stereocenters. The Labute approximate surface area is 69.2 Å². The predicted octanol–water partition coefficient (Wildman–Crippen LogP) is 0.0192. The zero-order valence-electron chi connectivity index (χ0n) is 6.43. The van der Waals surface area contributed by atoms with Crippen molar-refractivity contribution in [2.24, 2.45) is 0 Å². The van der Waals surface area contributed by atoms with Gasteiger partial charge in [-0.25, -0.2) is 4.79 Å². The van der Waals surface area contributed by atoms with Gasteiger partial charge >= 0.3 is 6.16 Å². The van der Waals surface area contributed by atoms with Gasteiger partial charge in [0.15, 0.2) is 12.4 Å². The first-order valence-corrected chi connectivity index (χ1v) is 3.94. The molecule has 0 spiro atoms. The van der Waals surface area contributed by atoms with Crippen molar-refractivity contribution >= 4 is 6.16 Å². The van der Waals surface area contributed by atoms with Crippen LogP contribution in [0.1, 0.15) is 12.8 Å². The smallest absolute Gasteiger partial charge is 0.427 e. The van der Waals surface area contributed by atoms with Crippen molar-refractivity contribution in [3.05, 3.63) is 0 Å². The number of carbonyl (C=O) groups is 1. The molecule has 2 rings (SSSR count). The zero-order valence-corrected chi connectivity index (χ0v) is 6.43. The third kappa shape index (κ3) is 1.25. The Balaban J connectivity index is 2.09. The highest BCUT2D eigenvalue weighted by atomic mass is 16.8. The SMILES string of the molecule is O=C1OC2CCCO[C@H](O)[C@@H]2O1. The summed E-state index contributed by atoms with van der Waals surface area (Å²) in [5, 5.41) is 9.30. The third-order valence-electron chi connectivity index (χ3n) is 2.05. The monoisotopic (exact) mass is 174 g/mol. The molecule has 0 bridgehead atoms. The molecule has 68 valence electrons. The number of rotatable bonds is 0. The molecule has 12 heavy (non-hydrogen) atoms. The predicted molar refractivity (Wildman–Crippen MR) is 36.3 cm³/mol. The highest BCUT2D eigenvalue weighted by Crippen LogP contribution is 2.25. The van der Waals surface area contributed by atoms with Gasteiger partial charge in [-0.1, -0.05) is 0 Å². The molecule has 0 radical (unpaired) electrons. The van der Waals surface area contributed by atoms with E-state index in [0.29, 0.717) is 13.0 Å². The van der Waals surface area contributed by atoms with E-state index >= 15 is 0 Å². The molecule has 5 heteroatoms. The van der Waals surface area contributed by atoms with Crippen LogP contribution in [0.2, 0.25) is 0 Å². The maximum Gasteiger partial charge on any atom is 0.509 e. The number of fused-ring (bicyclic) bond motifs is 1. The Morgan fingerprint density at radius 1 is 1.42 bits per heavy atom. The molecule has 1 N–H and O–H groups in total. The first-order chi connectivity index (χ1) is 5.77. The first-order valence-electron chi connectivity index (χ1n) is 3.94. The second kappa shape index (κ2) is 2.91. The summed E-state index contributed by atoms with van der Waals surface area (Å²) >= 11 is 0. The molecule has 5 nitrogen and oxygen atoms in total. The van der Waals surface area contributed by atoms with Crippen LogP contribution < -0.4 is 0 Å². The fourth-order valence-electron chi connectivity index (χ4n) is 1.45. The number of aliphatic hydroxyl groups excluding tert-OH is 1. The van der Waals surface area contributed by atoms with E-state index in [4.69, 9.17) is 14.2 Å². The van der Waals surface area contributed by atoms with Gasteiger partial charge in [0, 0.05) is 0 Å². The average Bonchev–Trinajstić information content (AvgIpc) is 2.33. The molecule has 0 aromatic carbocycles. The fraction of sp³-hybridized carbons (Fsp3) is 0.857. The molecule has 1 unspecified atom stereocenters. The van der Waals surface area contributed by atoms with Crippen LogP contribution in [0.3, 0.4) is 0 Å². The molecule has 2 heterocycles. The maximum absolute atomic E-state index is 10.7. The minimum atomic E-state index is -1.04. The minimum Gasteiger partial charge on any atom is -0.427 e. The lowest BCUT2D eigenvalue weighted by molar-refractivity contribution is -0.150. The number of hydrogen-bond donors (Lipinski definition) is 1. The van der Waals surface area contributed by atoms with Gasteiger partial charge in [-0.2, -0.15) is 0 Å². The number of aliphatic hydroxyl groups is 1. The molecule has 2 saturated heterocycles. The standard InChI is InChI=1S/C7H10O5/c8-6-5-4(2-1-3-10-6)11-7(9)12-5/h4-6,8H,1-3H2/t4?,5-,6+/m1/s1. The van der Waals surface area contributed by atoms with Crippen molar-refractivity contribution in [3.63, 3.8) is 0 Å². The molecule has 0 aromatic heterocycles. The van der Waals surface area contributed by atoms with Gasteiger partial charge in [0.05, 0.1) is 6.61 Å². The van der Waals surface area contributed by atoms with Crippen LogP contribution in [0.15, 0.2) is 0 Å². The van der Waals surface area contributed by atoms with E-state index in [2.05, 4.69) is 0 Å². The first kappa shape index (κ1) is 7.82. The molecule has 2 fully saturated rings. The van der Waals surface area contributed by atoms with Crippen molar-refractivity contribution in [2.75, 3.05) is 6.61 Å². The van der Waals surface area contributed by atoms with Gasteiger partial charge in [-0.05, 0) is 12.8 Å². The van der Waals surface area contributed by atoms with E-state index < -0.39 is 18.5 Å². The van der Waals surface area contributed by atoms with E-state index in [1.165, 1.54) is 0 Å². The van der Waals surface area contributed by atoms with Crippen molar-refractivity contribution in [1.82, 2.24) is 0 Å². The minimum absolute atomic E-state index is 0.338. The van der Waals surface area contributed by atoms with Crippen LogP contribution >= 0.6 is 0 Å². The molecular weight excluding hydrogens is 164 g/mol. The Morgan fingerprint density at radius 3 is 3.08 bits per heavy atom. The van der Waals surface area contributed by atoms with Crippen molar-refractivity contribution in [3.8, 4) is 0 Å². The van der Waals surface area contributed by atoms with Crippen molar-refractivity contribution in [1.29, 1.82) is 0 Å². The summed E-state index contributed by atoms with van der Waals surface area (Å²) in [6.07, 6.45) is -1.27. The largest absolute Gasteiger partial charge is 0.509 e. The topological polar surface area (TPSA) is 65.0 Å². The lowest BCUT2D eigenvalue weighted by atomic mass is 10.1. The molecule has 0 aliphatic carbocycles. The molecular formula is C7H10O5. The van der Waals surface area contributed by atoms with E-state index in [1.54, 1.807) is 0 Å². The summed E-state index contributed by atoms with van der Waals surface area (Å²) in [5.74, 6) is 0. The second-order valence-corrected chi connectivity index (χ2v) is 2.89. The quantitative estimate of drug-likeness (QED) is 0.524. The van der Waals surface area contributed by atoms with E-state index in [-0.39, 0.29) is 6.10 Å². The van der Waals surface area contributed by atoms with Crippen LogP contribution in [0.4, 0.5) is 4.79 Å². The Bertz CT molecular complexity index is 192. The highest BCUT2D eigenvalue weighted by Gasteiger charge is 2.43. The third-order valence-corrected chi connectivity index (χ3v) is 2.05. The van der Waals surface area contributed by atoms with Crippen molar-refractivity contribution in [2.45, 2.75) is 31.3 Å². The summed E-state index contributed by atoms with van der Waals surface area (Å²) in [6.45, 7) is 0.481. The second-order valence-electron chi connectivity index (χ2n) is 2.89. The van der Waals surface area contributed by atoms with Gasteiger partial charge in [0.1, 0.15) is 6.10 Å². The number of carbonyl (C=O) groups excluding carboxylic acids is 1. The highest BCUT2D eigenvalue weighted by molar-refractivity contribution is 5.62. The van der Waals surface area contributed by atoms with Crippen LogP contribution in [0.5, 0.6) is 0 Å².